The number of carbonyl (C=O) groups excluding carboxylic acids is 1. The van der Waals surface area contributed by atoms with E-state index in [-0.39, 0.29) is 30.0 Å². The third-order valence-electron chi connectivity index (χ3n) is 4.92. The van der Waals surface area contributed by atoms with Gasteiger partial charge >= 0.3 is 5.97 Å². The van der Waals surface area contributed by atoms with Crippen molar-refractivity contribution in [3.63, 3.8) is 0 Å². The molecule has 0 aliphatic carbocycles. The molecule has 0 aromatic heterocycles. The van der Waals surface area contributed by atoms with Crippen LogP contribution in [0.3, 0.4) is 0 Å². The average molecular weight is 434 g/mol. The van der Waals surface area contributed by atoms with Crippen molar-refractivity contribution in [3.8, 4) is 5.75 Å². The first-order valence-corrected chi connectivity index (χ1v) is 11.5. The second-order valence-electron chi connectivity index (χ2n) is 6.88. The van der Waals surface area contributed by atoms with Crippen LogP contribution in [-0.4, -0.2) is 58.2 Å². The van der Waals surface area contributed by atoms with E-state index < -0.39 is 10.0 Å². The molecule has 8 heteroatoms. The van der Waals surface area contributed by atoms with E-state index in [2.05, 4.69) is 0 Å². The molecule has 162 valence electrons. The number of nitrogens with zero attached hydrogens (tertiary/aromatic N) is 1. The fourth-order valence-corrected chi connectivity index (χ4v) is 4.68. The van der Waals surface area contributed by atoms with E-state index in [1.54, 1.807) is 12.1 Å². The van der Waals surface area contributed by atoms with Crippen LogP contribution in [0.5, 0.6) is 5.75 Å². The second-order valence-corrected chi connectivity index (χ2v) is 8.81. The molecule has 2 aromatic carbocycles. The number of sulfonamides is 1. The van der Waals surface area contributed by atoms with Gasteiger partial charge in [0.2, 0.25) is 10.0 Å². The van der Waals surface area contributed by atoms with Crippen molar-refractivity contribution >= 4 is 16.0 Å². The van der Waals surface area contributed by atoms with Gasteiger partial charge in [0.05, 0.1) is 24.0 Å². The smallest absolute Gasteiger partial charge is 0.313 e. The van der Waals surface area contributed by atoms with Crippen LogP contribution in [0, 0.1) is 0 Å². The molecule has 0 saturated carbocycles. The van der Waals surface area contributed by atoms with Gasteiger partial charge in [0.25, 0.3) is 0 Å². The van der Waals surface area contributed by atoms with Gasteiger partial charge < -0.3 is 14.2 Å². The Balaban J connectivity index is 1.48. The van der Waals surface area contributed by atoms with Crippen LogP contribution in [0.25, 0.3) is 0 Å². The molecule has 0 spiro atoms. The van der Waals surface area contributed by atoms with Gasteiger partial charge in [0, 0.05) is 13.1 Å². The fraction of sp³-hybridized carbons (Fsp3) is 0.409. The molecule has 1 fully saturated rings. The summed E-state index contributed by atoms with van der Waals surface area (Å²) in [5.41, 5.74) is 0.933. The summed E-state index contributed by atoms with van der Waals surface area (Å²) in [4.78, 5) is 12.6. The number of hydrogen-bond donors (Lipinski definition) is 0. The number of ether oxygens (including phenoxy) is 3. The van der Waals surface area contributed by atoms with E-state index in [0.717, 1.165) is 5.56 Å². The molecule has 0 radical (unpaired) electrons. The lowest BCUT2D eigenvalue weighted by molar-refractivity contribution is -0.146. The number of hydrogen-bond acceptors (Lipinski definition) is 6. The highest BCUT2D eigenvalue weighted by molar-refractivity contribution is 7.89. The van der Waals surface area contributed by atoms with Crippen LogP contribution in [-0.2, 0) is 24.3 Å². The Kier molecular flexibility index (Phi) is 7.84. The predicted molar refractivity (Wildman–Crippen MR) is 112 cm³/mol. The van der Waals surface area contributed by atoms with Gasteiger partial charge in [0.15, 0.2) is 0 Å². The van der Waals surface area contributed by atoms with E-state index in [0.29, 0.717) is 38.5 Å². The Morgan fingerprint density at radius 2 is 1.70 bits per heavy atom. The molecule has 0 amide bonds. The third kappa shape index (κ3) is 5.59. The normalized spacial score (nSPS) is 16.0. The number of esters is 1. The maximum absolute atomic E-state index is 12.6. The summed E-state index contributed by atoms with van der Waals surface area (Å²) in [6.07, 6.45) is 0.656. The molecule has 1 aliphatic rings. The lowest BCUT2D eigenvalue weighted by atomic mass is 9.97. The predicted octanol–water partition coefficient (Wildman–Crippen LogP) is 2.82. The minimum Gasteiger partial charge on any atom is -0.490 e. The zero-order valence-electron chi connectivity index (χ0n) is 17.0. The van der Waals surface area contributed by atoms with Gasteiger partial charge in [-0.3, -0.25) is 4.79 Å². The molecular formula is C22H27NO6S. The molecular weight excluding hydrogens is 406 g/mol. The lowest BCUT2D eigenvalue weighted by Gasteiger charge is -2.26. The van der Waals surface area contributed by atoms with Gasteiger partial charge in [-0.1, -0.05) is 37.3 Å². The zero-order chi connectivity index (χ0) is 21.4. The first-order valence-electron chi connectivity index (χ1n) is 10.0. The number of carbonyl (C=O) groups is 1. The minimum absolute atomic E-state index is 0.121. The molecule has 30 heavy (non-hydrogen) atoms. The Morgan fingerprint density at radius 3 is 2.33 bits per heavy atom. The highest BCUT2D eigenvalue weighted by Crippen LogP contribution is 2.22. The molecule has 0 bridgehead atoms. The van der Waals surface area contributed by atoms with E-state index in [1.807, 2.05) is 37.3 Å². The summed E-state index contributed by atoms with van der Waals surface area (Å²) in [6.45, 7) is 3.77. The van der Waals surface area contributed by atoms with Gasteiger partial charge in [0.1, 0.15) is 19.0 Å². The maximum Gasteiger partial charge on any atom is 0.313 e. The third-order valence-corrected chi connectivity index (χ3v) is 6.84. The molecule has 1 heterocycles. The molecule has 1 aliphatic heterocycles. The monoisotopic (exact) mass is 433 g/mol. The highest BCUT2D eigenvalue weighted by Gasteiger charge is 2.26. The molecule has 1 atom stereocenters. The maximum atomic E-state index is 12.6. The summed E-state index contributed by atoms with van der Waals surface area (Å²) in [7, 11) is -3.53. The molecule has 1 unspecified atom stereocenters. The quantitative estimate of drug-likeness (QED) is 0.447. The second kappa shape index (κ2) is 10.6. The number of morpholine rings is 1. The SMILES string of the molecule is CCC(C(=O)OCCOc1ccc(S(=O)(=O)N2CCOCC2)cc1)c1ccccc1. The van der Waals surface area contributed by atoms with Crippen molar-refractivity contribution in [1.29, 1.82) is 0 Å². The molecule has 7 nitrogen and oxygen atoms in total. The van der Waals surface area contributed by atoms with E-state index in [9.17, 15) is 13.2 Å². The Morgan fingerprint density at radius 1 is 1.03 bits per heavy atom. The summed E-state index contributed by atoms with van der Waals surface area (Å²) in [5.74, 6) is -0.0581. The number of rotatable bonds is 9. The van der Waals surface area contributed by atoms with Crippen LogP contribution in [0.15, 0.2) is 59.5 Å². The van der Waals surface area contributed by atoms with E-state index in [1.165, 1.54) is 16.4 Å². The first kappa shape index (κ1) is 22.3. The van der Waals surface area contributed by atoms with E-state index in [4.69, 9.17) is 14.2 Å². The molecule has 0 N–H and O–H groups in total. The molecule has 1 saturated heterocycles. The van der Waals surface area contributed by atoms with Crippen LogP contribution < -0.4 is 4.74 Å². The summed E-state index contributed by atoms with van der Waals surface area (Å²) >= 11 is 0. The van der Waals surface area contributed by atoms with Crippen molar-refractivity contribution in [3.05, 3.63) is 60.2 Å². The van der Waals surface area contributed by atoms with Crippen molar-refractivity contribution < 1.29 is 27.4 Å². The summed E-state index contributed by atoms with van der Waals surface area (Å²) in [5, 5.41) is 0. The van der Waals surface area contributed by atoms with Crippen LogP contribution >= 0.6 is 0 Å². The van der Waals surface area contributed by atoms with Crippen LogP contribution in [0.4, 0.5) is 0 Å². The van der Waals surface area contributed by atoms with Crippen LogP contribution in [0.2, 0.25) is 0 Å². The Labute approximate surface area is 177 Å². The largest absolute Gasteiger partial charge is 0.490 e. The Hall–Kier alpha value is -2.42. The molecule has 3 rings (SSSR count). The van der Waals surface area contributed by atoms with Gasteiger partial charge in [-0.05, 0) is 36.2 Å². The minimum atomic E-state index is -3.53. The van der Waals surface area contributed by atoms with E-state index >= 15 is 0 Å². The fourth-order valence-electron chi connectivity index (χ4n) is 3.27. The van der Waals surface area contributed by atoms with Gasteiger partial charge in [-0.25, -0.2) is 8.42 Å². The summed E-state index contributed by atoms with van der Waals surface area (Å²) < 4.78 is 42.8. The van der Waals surface area contributed by atoms with Crippen LogP contribution in [0.1, 0.15) is 24.8 Å². The number of benzene rings is 2. The molecule has 2 aromatic rings. The lowest BCUT2D eigenvalue weighted by Crippen LogP contribution is -2.40. The Bertz CT molecular complexity index is 908. The zero-order valence-corrected chi connectivity index (χ0v) is 17.8. The first-order chi connectivity index (χ1) is 14.5. The highest BCUT2D eigenvalue weighted by atomic mass is 32.2. The standard InChI is InChI=1S/C22H27NO6S/c1-2-21(18-6-4-3-5-7-18)22(24)29-17-16-28-19-8-10-20(11-9-19)30(25,26)23-12-14-27-15-13-23/h3-11,21H,2,12-17H2,1H3. The van der Waals surface area contributed by atoms with Crippen molar-refractivity contribution in [2.75, 3.05) is 39.5 Å². The van der Waals surface area contributed by atoms with Crippen molar-refractivity contribution in [2.24, 2.45) is 0 Å². The average Bonchev–Trinajstić information content (AvgIpc) is 2.79. The van der Waals surface area contributed by atoms with Crippen molar-refractivity contribution in [2.45, 2.75) is 24.2 Å². The van der Waals surface area contributed by atoms with Gasteiger partial charge in [-0.15, -0.1) is 0 Å². The topological polar surface area (TPSA) is 82.1 Å². The van der Waals surface area contributed by atoms with Gasteiger partial charge in [-0.2, -0.15) is 4.31 Å². The van der Waals surface area contributed by atoms with Crippen molar-refractivity contribution in [1.82, 2.24) is 4.31 Å². The summed E-state index contributed by atoms with van der Waals surface area (Å²) in [6, 6.07) is 15.8.